The van der Waals surface area contributed by atoms with E-state index in [0.29, 0.717) is 10.9 Å². The normalized spacial score (nSPS) is 12.7. The van der Waals surface area contributed by atoms with Gasteiger partial charge in [-0.15, -0.1) is 24.8 Å². The van der Waals surface area contributed by atoms with E-state index in [4.69, 9.17) is 21.7 Å². The molecular weight excluding hydrogens is 331 g/mol. The summed E-state index contributed by atoms with van der Waals surface area (Å²) in [4.78, 5) is 27.9. The molecule has 0 fully saturated rings. The molecule has 0 spiro atoms. The number of aromatic amines is 1. The lowest BCUT2D eigenvalue weighted by molar-refractivity contribution is -0.139. The van der Waals surface area contributed by atoms with E-state index in [0.717, 1.165) is 11.8 Å². The van der Waals surface area contributed by atoms with Crippen LogP contribution in [-0.2, 0) is 16.0 Å². The molecule has 1 rings (SSSR count). The van der Waals surface area contributed by atoms with Crippen LogP contribution in [0.15, 0.2) is 11.4 Å². The quantitative estimate of drug-likeness (QED) is 0.421. The highest BCUT2D eigenvalue weighted by Gasteiger charge is 2.16. The van der Waals surface area contributed by atoms with Crippen LogP contribution in [0.25, 0.3) is 0 Å². The molecule has 0 saturated heterocycles. The van der Waals surface area contributed by atoms with E-state index < -0.39 is 24.0 Å². The average molecular weight is 347 g/mol. The molecular formula is C9H16Cl2N4O4S. The van der Waals surface area contributed by atoms with Gasteiger partial charge in [-0.2, -0.15) is 0 Å². The average Bonchev–Trinajstić information content (AvgIpc) is 2.73. The van der Waals surface area contributed by atoms with Gasteiger partial charge < -0.3 is 26.7 Å². The van der Waals surface area contributed by atoms with Gasteiger partial charge in [0.25, 0.3) is 0 Å². The Kier molecular flexibility index (Phi) is 10.5. The number of nitrogens with two attached hydrogens (primary N) is 2. The monoisotopic (exact) mass is 346 g/mol. The molecule has 0 aliphatic rings. The predicted molar refractivity (Wildman–Crippen MR) is 78.7 cm³/mol. The number of imidazole rings is 1. The van der Waals surface area contributed by atoms with Crippen LogP contribution >= 0.6 is 36.6 Å². The van der Waals surface area contributed by atoms with Crippen molar-refractivity contribution in [3.05, 3.63) is 11.9 Å². The van der Waals surface area contributed by atoms with Crippen molar-refractivity contribution < 1.29 is 19.8 Å². The zero-order chi connectivity index (χ0) is 13.7. The van der Waals surface area contributed by atoms with Gasteiger partial charge >= 0.3 is 11.9 Å². The number of thioether (sulfide) groups is 1. The van der Waals surface area contributed by atoms with Crippen molar-refractivity contribution in [1.29, 1.82) is 0 Å². The van der Waals surface area contributed by atoms with Crippen LogP contribution in [0.2, 0.25) is 0 Å². The van der Waals surface area contributed by atoms with Gasteiger partial charge in [0.15, 0.2) is 5.16 Å². The van der Waals surface area contributed by atoms with E-state index in [-0.39, 0.29) is 37.0 Å². The molecule has 0 aromatic carbocycles. The van der Waals surface area contributed by atoms with Gasteiger partial charge in [0.05, 0.1) is 5.69 Å². The number of carboxylic acids is 2. The highest BCUT2D eigenvalue weighted by atomic mass is 35.5. The third-order valence-corrected chi connectivity index (χ3v) is 3.08. The lowest BCUT2D eigenvalue weighted by Crippen LogP contribution is -2.32. The standard InChI is InChI=1S/C9H14N4O4S.2ClH/c10-5(7(14)15)1-4-2-12-9(13-4)18-3-6(11)8(16)17;;/h2,5-6H,1,3,10-11H2,(H,12,13)(H,14,15)(H,16,17);2*1H. The van der Waals surface area contributed by atoms with Gasteiger partial charge in [0.1, 0.15) is 12.1 Å². The van der Waals surface area contributed by atoms with Gasteiger partial charge in [-0.1, -0.05) is 11.8 Å². The summed E-state index contributed by atoms with van der Waals surface area (Å²) in [6.45, 7) is 0. The Bertz CT molecular complexity index is 445. The third-order valence-electron chi connectivity index (χ3n) is 2.07. The molecule has 1 aromatic heterocycles. The number of carbonyl (C=O) groups is 2. The fraction of sp³-hybridized carbons (Fsp3) is 0.444. The molecule has 8 nitrogen and oxygen atoms in total. The molecule has 2 atom stereocenters. The Morgan fingerprint density at radius 3 is 2.30 bits per heavy atom. The summed E-state index contributed by atoms with van der Waals surface area (Å²) in [5.41, 5.74) is 11.2. The van der Waals surface area contributed by atoms with Crippen molar-refractivity contribution in [3.8, 4) is 0 Å². The summed E-state index contributed by atoms with van der Waals surface area (Å²) >= 11 is 1.15. The number of rotatable bonds is 7. The Morgan fingerprint density at radius 2 is 1.80 bits per heavy atom. The van der Waals surface area contributed by atoms with Crippen LogP contribution < -0.4 is 11.5 Å². The van der Waals surface area contributed by atoms with Crippen molar-refractivity contribution in [2.75, 3.05) is 5.75 Å². The molecule has 20 heavy (non-hydrogen) atoms. The summed E-state index contributed by atoms with van der Waals surface area (Å²) in [5, 5.41) is 17.7. The first-order valence-electron chi connectivity index (χ1n) is 5.04. The maximum atomic E-state index is 10.6. The van der Waals surface area contributed by atoms with Crippen LogP contribution in [0.4, 0.5) is 0 Å². The molecule has 0 radical (unpaired) electrons. The second kappa shape index (κ2) is 9.83. The van der Waals surface area contributed by atoms with E-state index in [2.05, 4.69) is 9.97 Å². The zero-order valence-electron chi connectivity index (χ0n) is 10.2. The highest BCUT2D eigenvalue weighted by Crippen LogP contribution is 2.15. The number of halogens is 2. The molecule has 2 unspecified atom stereocenters. The molecule has 116 valence electrons. The van der Waals surface area contributed by atoms with Crippen molar-refractivity contribution in [3.63, 3.8) is 0 Å². The molecule has 7 N–H and O–H groups in total. The fourth-order valence-corrected chi connectivity index (χ4v) is 1.88. The molecule has 0 amide bonds. The van der Waals surface area contributed by atoms with Crippen LogP contribution in [0.5, 0.6) is 0 Å². The van der Waals surface area contributed by atoms with Gasteiger partial charge in [0, 0.05) is 18.4 Å². The lowest BCUT2D eigenvalue weighted by Gasteiger charge is -2.03. The van der Waals surface area contributed by atoms with Gasteiger partial charge in [-0.25, -0.2) is 4.98 Å². The minimum atomic E-state index is -1.10. The minimum Gasteiger partial charge on any atom is -0.480 e. The van der Waals surface area contributed by atoms with Crippen LogP contribution in [0, 0.1) is 0 Å². The number of aromatic nitrogens is 2. The first-order chi connectivity index (χ1) is 8.40. The topological polar surface area (TPSA) is 155 Å². The van der Waals surface area contributed by atoms with E-state index >= 15 is 0 Å². The Hall–Kier alpha value is -1.00. The molecule has 1 aromatic rings. The van der Waals surface area contributed by atoms with E-state index in [1.165, 1.54) is 6.20 Å². The van der Waals surface area contributed by atoms with Crippen LogP contribution in [-0.4, -0.2) is 50.0 Å². The van der Waals surface area contributed by atoms with Crippen molar-refractivity contribution in [1.82, 2.24) is 9.97 Å². The third kappa shape index (κ3) is 6.96. The fourth-order valence-electron chi connectivity index (χ4n) is 1.07. The number of hydrogen-bond acceptors (Lipinski definition) is 6. The Balaban J connectivity index is 0. The summed E-state index contributed by atoms with van der Waals surface area (Å²) in [5.74, 6) is -2.00. The second-order valence-corrected chi connectivity index (χ2v) is 4.61. The number of nitrogens with zero attached hydrogens (tertiary/aromatic N) is 1. The first-order valence-corrected chi connectivity index (χ1v) is 6.02. The van der Waals surface area contributed by atoms with Crippen molar-refractivity contribution in [2.45, 2.75) is 23.7 Å². The van der Waals surface area contributed by atoms with Crippen LogP contribution in [0.1, 0.15) is 5.69 Å². The Labute approximate surface area is 131 Å². The predicted octanol–water partition coefficient (Wildman–Crippen LogP) is -0.288. The van der Waals surface area contributed by atoms with E-state index in [9.17, 15) is 9.59 Å². The molecule has 11 heteroatoms. The minimum absolute atomic E-state index is 0. The van der Waals surface area contributed by atoms with Crippen molar-refractivity contribution in [2.24, 2.45) is 11.5 Å². The summed E-state index contributed by atoms with van der Waals surface area (Å²) in [6, 6.07) is -1.97. The molecule has 0 aliphatic heterocycles. The number of nitrogens with one attached hydrogen (secondary N) is 1. The van der Waals surface area contributed by atoms with E-state index in [1.807, 2.05) is 0 Å². The number of hydrogen-bond donors (Lipinski definition) is 5. The summed E-state index contributed by atoms with van der Waals surface area (Å²) in [6.07, 6.45) is 1.65. The molecule has 0 aliphatic carbocycles. The lowest BCUT2D eigenvalue weighted by atomic mass is 10.2. The summed E-state index contributed by atoms with van der Waals surface area (Å²) < 4.78 is 0. The SMILES string of the molecule is Cl.Cl.NC(CSc1nc(CC(N)C(=O)O)c[nH]1)C(=O)O. The van der Waals surface area contributed by atoms with Gasteiger partial charge in [0.2, 0.25) is 0 Å². The maximum absolute atomic E-state index is 10.6. The first kappa shape index (κ1) is 21.3. The number of H-pyrrole nitrogens is 1. The molecule has 1 heterocycles. The van der Waals surface area contributed by atoms with Crippen LogP contribution in [0.3, 0.4) is 0 Å². The molecule has 0 bridgehead atoms. The largest absolute Gasteiger partial charge is 0.480 e. The van der Waals surface area contributed by atoms with Crippen molar-refractivity contribution >= 4 is 48.5 Å². The van der Waals surface area contributed by atoms with Gasteiger partial charge in [-0.3, -0.25) is 9.59 Å². The second-order valence-electron chi connectivity index (χ2n) is 3.60. The van der Waals surface area contributed by atoms with E-state index in [1.54, 1.807) is 0 Å². The van der Waals surface area contributed by atoms with Gasteiger partial charge in [-0.05, 0) is 0 Å². The smallest absolute Gasteiger partial charge is 0.321 e. The summed E-state index contributed by atoms with van der Waals surface area (Å²) in [7, 11) is 0. The highest BCUT2D eigenvalue weighted by molar-refractivity contribution is 7.99. The number of carboxylic acid groups (broad SMARTS) is 2. The Morgan fingerprint density at radius 1 is 1.25 bits per heavy atom. The number of aliphatic carboxylic acids is 2. The zero-order valence-corrected chi connectivity index (χ0v) is 12.6. The maximum Gasteiger partial charge on any atom is 0.321 e. The molecule has 0 saturated carbocycles.